The molecule has 0 bridgehead atoms. The number of anilines is 1. The zero-order valence-electron chi connectivity index (χ0n) is 39.8. The number of nitrogens with one attached hydrogen (secondary N) is 4. The number of carbonyl (C=O) groups is 4. The Hall–Kier alpha value is -6.39. The molecule has 2 unspecified atom stereocenters. The lowest BCUT2D eigenvalue weighted by Gasteiger charge is -2.33. The number of amides is 4. The van der Waals surface area contributed by atoms with Crippen LogP contribution in [0.5, 0.6) is 5.75 Å². The predicted octanol–water partition coefficient (Wildman–Crippen LogP) is 9.07. The first kappa shape index (κ1) is 46.7. The topological polar surface area (TPSA) is 187 Å². The van der Waals surface area contributed by atoms with Crippen molar-refractivity contribution >= 4 is 51.8 Å². The van der Waals surface area contributed by atoms with Gasteiger partial charge in [-0.3, -0.25) is 9.59 Å². The van der Waals surface area contributed by atoms with Gasteiger partial charge in [-0.15, -0.1) is 0 Å². The van der Waals surface area contributed by atoms with Crippen LogP contribution in [0.4, 0.5) is 19.7 Å². The van der Waals surface area contributed by atoms with Crippen LogP contribution in [0.2, 0.25) is 0 Å². The molecule has 17 heteroatoms. The van der Waals surface area contributed by atoms with Gasteiger partial charge in [-0.25, -0.2) is 23.9 Å². The number of carbonyl (C=O) groups excluding carboxylic acids is 4. The van der Waals surface area contributed by atoms with Crippen molar-refractivity contribution < 1.29 is 37.8 Å². The van der Waals surface area contributed by atoms with E-state index in [1.165, 1.54) is 14.2 Å². The third kappa shape index (κ3) is 9.27. The number of aromatic nitrogens is 4. The molecule has 3 aliphatic heterocycles. The van der Waals surface area contributed by atoms with Gasteiger partial charge in [-0.1, -0.05) is 39.8 Å². The Morgan fingerprint density at radius 1 is 0.632 bits per heavy atom. The maximum Gasteiger partial charge on any atom is 0.407 e. The number of rotatable bonds is 13. The Labute approximate surface area is 396 Å². The van der Waals surface area contributed by atoms with Crippen molar-refractivity contribution in [1.82, 2.24) is 40.4 Å². The van der Waals surface area contributed by atoms with Crippen molar-refractivity contribution in [2.75, 3.05) is 32.2 Å². The number of nitrogens with zero attached hydrogens (tertiary/aromatic N) is 5. The molecule has 1 aliphatic carbocycles. The fraction of sp³-hybridized carbons (Fsp3) is 0.529. The average molecular weight is 934 g/mol. The largest absolute Gasteiger partial charge is 0.487 e. The zero-order chi connectivity index (χ0) is 47.8. The molecule has 0 spiro atoms. The average Bonchev–Trinajstić information content (AvgIpc) is 4.20. The number of fused-ring (bicyclic) bond motifs is 2. The highest BCUT2D eigenvalue weighted by atomic mass is 19.1. The van der Waals surface area contributed by atoms with E-state index in [1.54, 1.807) is 12.1 Å². The van der Waals surface area contributed by atoms with Gasteiger partial charge in [0.15, 0.2) is 11.6 Å². The summed E-state index contributed by atoms with van der Waals surface area (Å²) in [6.07, 6.45) is 7.40. The van der Waals surface area contributed by atoms with E-state index in [1.807, 2.05) is 55.7 Å². The van der Waals surface area contributed by atoms with Crippen molar-refractivity contribution in [3.63, 3.8) is 0 Å². The summed E-state index contributed by atoms with van der Waals surface area (Å²) in [5.41, 5.74) is 6.06. The summed E-state index contributed by atoms with van der Waals surface area (Å²) < 4.78 is 32.0. The molecule has 9 rings (SSSR count). The van der Waals surface area contributed by atoms with Crippen LogP contribution < -0.4 is 20.3 Å². The molecule has 3 saturated heterocycles. The molecular weight excluding hydrogens is 870 g/mol. The third-order valence-corrected chi connectivity index (χ3v) is 14.5. The molecule has 362 valence electrons. The lowest BCUT2D eigenvalue weighted by Crippen LogP contribution is -2.51. The van der Waals surface area contributed by atoms with Gasteiger partial charge >= 0.3 is 12.2 Å². The van der Waals surface area contributed by atoms with Crippen LogP contribution in [-0.4, -0.2) is 99.2 Å². The van der Waals surface area contributed by atoms with Crippen LogP contribution >= 0.6 is 0 Å². The normalized spacial score (nSPS) is 21.9. The van der Waals surface area contributed by atoms with Crippen molar-refractivity contribution in [3.05, 3.63) is 83.2 Å². The Morgan fingerprint density at radius 2 is 1.12 bits per heavy atom. The first-order valence-corrected chi connectivity index (χ1v) is 24.3. The minimum atomic E-state index is -0.737. The number of alkyl carbamates (subject to hydrolysis) is 2. The number of benzene rings is 3. The highest BCUT2D eigenvalue weighted by Crippen LogP contribution is 2.49. The smallest absolute Gasteiger partial charge is 0.407 e. The second-order valence-electron chi connectivity index (χ2n) is 19.5. The molecule has 1 saturated carbocycles. The van der Waals surface area contributed by atoms with Crippen molar-refractivity contribution in [2.45, 2.75) is 134 Å². The molecule has 0 radical (unpaired) electrons. The number of H-pyrrole nitrogens is 2. The number of imidazole rings is 2. The minimum Gasteiger partial charge on any atom is -0.487 e. The third-order valence-electron chi connectivity index (χ3n) is 14.5. The second-order valence-corrected chi connectivity index (χ2v) is 19.5. The van der Waals surface area contributed by atoms with Gasteiger partial charge in [0, 0.05) is 24.8 Å². The SMILES string of the molecule is COC(=O)NC(C(=O)N1CCC[C@H]1c1nc2ccc([C@H]3CC[C@H](c4ccc5nc(C6CCCN6C(=O)[C@@H](NC(=O)OC)C(C)C)[nH]c5c4)N3c3ccc(OC4CCCC4)c(F)c3)cc2[nH]1)C(C)C. The summed E-state index contributed by atoms with van der Waals surface area (Å²) in [5, 5.41) is 5.45. The van der Waals surface area contributed by atoms with Gasteiger partial charge in [0.25, 0.3) is 0 Å². The van der Waals surface area contributed by atoms with Crippen molar-refractivity contribution in [1.29, 1.82) is 0 Å². The fourth-order valence-corrected chi connectivity index (χ4v) is 11.0. The number of ether oxygens (including phenoxy) is 3. The number of likely N-dealkylation sites (tertiary alicyclic amines) is 2. The lowest BCUT2D eigenvalue weighted by atomic mass is 10.0. The summed E-state index contributed by atoms with van der Waals surface area (Å²) in [5.74, 6) is 0.632. The summed E-state index contributed by atoms with van der Waals surface area (Å²) in [7, 11) is 2.57. The molecule has 6 atom stereocenters. The Kier molecular flexibility index (Phi) is 13.5. The molecule has 68 heavy (non-hydrogen) atoms. The van der Waals surface area contributed by atoms with E-state index in [9.17, 15) is 19.2 Å². The van der Waals surface area contributed by atoms with Crippen LogP contribution in [0, 0.1) is 17.7 Å². The van der Waals surface area contributed by atoms with Gasteiger partial charge in [-0.05, 0) is 124 Å². The standard InChI is InChI=1S/C51H64FN9O7/c1-28(2)44(57-50(64)66-5)48(62)59-23-9-13-41(59)46-53-35-18-15-30(25-37(35)55-46)39-20-21-40(61(39)32-17-22-43(34(52)27-32)68-33-11-7-8-12-33)31-16-19-36-38(26-31)56-47(54-36)42-14-10-24-60(42)49(63)45(29(3)4)58-51(65)67-6/h15-19,22,25-29,33,39-42,44-45H,7-14,20-21,23-24H2,1-6H3,(H,53,55)(H,54,56)(H,57,64)(H,58,65)/t39-,40-,41+,42?,44?,45+/m1/s1. The van der Waals surface area contributed by atoms with Gasteiger partial charge in [-0.2, -0.15) is 0 Å². The molecule has 4 amide bonds. The fourth-order valence-electron chi connectivity index (χ4n) is 11.0. The van der Waals surface area contributed by atoms with E-state index in [2.05, 4.69) is 49.8 Å². The van der Waals surface area contributed by atoms with Crippen LogP contribution in [-0.2, 0) is 19.1 Å². The van der Waals surface area contributed by atoms with Crippen LogP contribution in [0.1, 0.15) is 139 Å². The number of hydrogen-bond acceptors (Lipinski definition) is 10. The Morgan fingerprint density at radius 3 is 1.56 bits per heavy atom. The quantitative estimate of drug-likeness (QED) is 0.0887. The molecule has 2 aromatic heterocycles. The van der Waals surface area contributed by atoms with Gasteiger partial charge < -0.3 is 49.5 Å². The minimum absolute atomic E-state index is 0.0184. The van der Waals surface area contributed by atoms with Crippen LogP contribution in [0.3, 0.4) is 0 Å². The molecule has 4 fully saturated rings. The highest BCUT2D eigenvalue weighted by Gasteiger charge is 2.41. The van der Waals surface area contributed by atoms with E-state index >= 15 is 4.39 Å². The molecule has 5 aromatic rings. The first-order valence-electron chi connectivity index (χ1n) is 24.3. The predicted molar refractivity (Wildman–Crippen MR) is 254 cm³/mol. The monoisotopic (exact) mass is 933 g/mol. The van der Waals surface area contributed by atoms with E-state index in [4.69, 9.17) is 24.2 Å². The molecular formula is C51H64FN9O7. The molecule has 5 heterocycles. The lowest BCUT2D eigenvalue weighted by molar-refractivity contribution is -0.136. The zero-order valence-corrected chi connectivity index (χ0v) is 39.8. The van der Waals surface area contributed by atoms with Gasteiger partial charge in [0.1, 0.15) is 23.7 Å². The van der Waals surface area contributed by atoms with Gasteiger partial charge in [0.05, 0.1) is 66.6 Å². The van der Waals surface area contributed by atoms with Gasteiger partial charge in [0.2, 0.25) is 11.8 Å². The molecule has 3 aromatic carbocycles. The summed E-state index contributed by atoms with van der Waals surface area (Å²) in [6.45, 7) is 8.70. The van der Waals surface area contributed by atoms with Crippen molar-refractivity contribution in [2.24, 2.45) is 11.8 Å². The van der Waals surface area contributed by atoms with E-state index in [0.29, 0.717) is 24.7 Å². The second kappa shape index (κ2) is 19.7. The number of hydrogen-bond donors (Lipinski definition) is 4. The molecule has 4 aliphatic rings. The number of aromatic amines is 2. The Bertz CT molecular complexity index is 2510. The van der Waals surface area contributed by atoms with Crippen LogP contribution in [0.25, 0.3) is 22.1 Å². The first-order chi connectivity index (χ1) is 32.8. The molecule has 4 N–H and O–H groups in total. The maximum absolute atomic E-state index is 16.2. The van der Waals surface area contributed by atoms with E-state index < -0.39 is 30.1 Å². The summed E-state index contributed by atoms with van der Waals surface area (Å²) in [6, 6.07) is 15.5. The van der Waals surface area contributed by atoms with E-state index in [0.717, 1.165) is 103 Å². The number of methoxy groups -OCH3 is 2. The van der Waals surface area contributed by atoms with Crippen LogP contribution in [0.15, 0.2) is 54.6 Å². The van der Waals surface area contributed by atoms with E-state index in [-0.39, 0.29) is 59.7 Å². The highest BCUT2D eigenvalue weighted by molar-refractivity contribution is 5.87. The Balaban J connectivity index is 1.01. The summed E-state index contributed by atoms with van der Waals surface area (Å²) in [4.78, 5) is 75.2. The number of halogens is 1. The summed E-state index contributed by atoms with van der Waals surface area (Å²) >= 11 is 0. The molecule has 16 nitrogen and oxygen atoms in total. The maximum atomic E-state index is 16.2. The van der Waals surface area contributed by atoms with Crippen molar-refractivity contribution in [3.8, 4) is 5.75 Å².